The summed E-state index contributed by atoms with van der Waals surface area (Å²) in [5.41, 5.74) is 0.528. The monoisotopic (exact) mass is 438 g/mol. The number of rotatable bonds is 6. The van der Waals surface area contributed by atoms with Crippen LogP contribution in [0.3, 0.4) is 0 Å². The van der Waals surface area contributed by atoms with Gasteiger partial charge in [0.05, 0.1) is 5.69 Å². The quantitative estimate of drug-likeness (QED) is 0.626. The second-order valence-corrected chi connectivity index (χ2v) is 7.53. The third-order valence-electron chi connectivity index (χ3n) is 5.19. The Balaban J connectivity index is 1.50. The van der Waals surface area contributed by atoms with Crippen molar-refractivity contribution in [3.05, 3.63) is 60.2 Å². The summed E-state index contributed by atoms with van der Waals surface area (Å²) in [5.74, 6) is 0.0937. The molecular formula is C23H23FN4O4. The zero-order valence-electron chi connectivity index (χ0n) is 17.6. The zero-order valence-corrected chi connectivity index (χ0v) is 17.6. The lowest BCUT2D eigenvalue weighted by Gasteiger charge is -2.33. The van der Waals surface area contributed by atoms with E-state index in [1.165, 1.54) is 25.1 Å². The number of para-hydroxylation sites is 1. The van der Waals surface area contributed by atoms with Crippen molar-refractivity contribution in [1.29, 1.82) is 0 Å². The van der Waals surface area contributed by atoms with Crippen molar-refractivity contribution in [3.63, 3.8) is 0 Å². The van der Waals surface area contributed by atoms with Gasteiger partial charge >= 0.3 is 0 Å². The molecule has 166 valence electrons. The summed E-state index contributed by atoms with van der Waals surface area (Å²) in [6.07, 6.45) is 2.50. The largest absolute Gasteiger partial charge is 0.484 e. The minimum Gasteiger partial charge on any atom is -0.484 e. The van der Waals surface area contributed by atoms with E-state index in [4.69, 9.17) is 9.26 Å². The highest BCUT2D eigenvalue weighted by molar-refractivity contribution is 5.89. The predicted octanol–water partition coefficient (Wildman–Crippen LogP) is 3.97. The Morgan fingerprint density at radius 1 is 1.22 bits per heavy atom. The van der Waals surface area contributed by atoms with Gasteiger partial charge in [0.2, 0.25) is 17.6 Å². The van der Waals surface area contributed by atoms with Gasteiger partial charge in [0.15, 0.2) is 6.61 Å². The maximum absolute atomic E-state index is 13.9. The predicted molar refractivity (Wildman–Crippen MR) is 114 cm³/mol. The maximum Gasteiger partial charge on any atom is 0.261 e. The Kier molecular flexibility index (Phi) is 6.44. The molecule has 0 saturated carbocycles. The van der Waals surface area contributed by atoms with Crippen molar-refractivity contribution in [3.8, 4) is 17.1 Å². The molecule has 2 amide bonds. The fourth-order valence-corrected chi connectivity index (χ4v) is 3.67. The van der Waals surface area contributed by atoms with Gasteiger partial charge in [-0.3, -0.25) is 9.59 Å². The van der Waals surface area contributed by atoms with Crippen molar-refractivity contribution < 1.29 is 23.2 Å². The van der Waals surface area contributed by atoms with E-state index in [1.54, 1.807) is 17.0 Å². The lowest BCUT2D eigenvalue weighted by atomic mass is 10.0. The van der Waals surface area contributed by atoms with Gasteiger partial charge in [0.1, 0.15) is 17.6 Å². The molecule has 2 heterocycles. The Labute approximate surface area is 184 Å². The van der Waals surface area contributed by atoms with Gasteiger partial charge in [-0.1, -0.05) is 23.4 Å². The lowest BCUT2D eigenvalue weighted by Crippen LogP contribution is -2.41. The van der Waals surface area contributed by atoms with Crippen LogP contribution in [0.5, 0.6) is 5.75 Å². The Morgan fingerprint density at radius 2 is 2.03 bits per heavy atom. The van der Waals surface area contributed by atoms with Gasteiger partial charge in [0, 0.05) is 19.0 Å². The summed E-state index contributed by atoms with van der Waals surface area (Å²) in [5, 5.41) is 6.44. The molecule has 32 heavy (non-hydrogen) atoms. The number of ether oxygens (including phenoxy) is 1. The van der Waals surface area contributed by atoms with Crippen molar-refractivity contribution in [2.24, 2.45) is 0 Å². The van der Waals surface area contributed by atoms with E-state index in [2.05, 4.69) is 15.5 Å². The number of aromatic nitrogens is 2. The fraction of sp³-hybridized carbons (Fsp3) is 0.304. The van der Waals surface area contributed by atoms with Gasteiger partial charge in [-0.05, 0) is 49.6 Å². The number of anilines is 1. The fourth-order valence-electron chi connectivity index (χ4n) is 3.67. The van der Waals surface area contributed by atoms with Crippen molar-refractivity contribution in [2.75, 3.05) is 18.5 Å². The molecule has 0 bridgehead atoms. The van der Waals surface area contributed by atoms with Crippen LogP contribution in [0.2, 0.25) is 0 Å². The van der Waals surface area contributed by atoms with Gasteiger partial charge < -0.3 is 19.5 Å². The van der Waals surface area contributed by atoms with Gasteiger partial charge in [-0.15, -0.1) is 0 Å². The molecular weight excluding hydrogens is 415 g/mol. The van der Waals surface area contributed by atoms with Crippen LogP contribution in [0.4, 0.5) is 10.1 Å². The highest BCUT2D eigenvalue weighted by Crippen LogP contribution is 2.32. The second-order valence-electron chi connectivity index (χ2n) is 7.53. The van der Waals surface area contributed by atoms with Crippen LogP contribution in [0, 0.1) is 5.82 Å². The smallest absolute Gasteiger partial charge is 0.261 e. The van der Waals surface area contributed by atoms with Crippen molar-refractivity contribution in [2.45, 2.75) is 32.2 Å². The number of likely N-dealkylation sites (tertiary alicyclic amines) is 1. The van der Waals surface area contributed by atoms with E-state index >= 15 is 0 Å². The third-order valence-corrected chi connectivity index (χ3v) is 5.19. The van der Waals surface area contributed by atoms with Crippen LogP contribution in [0.1, 0.15) is 38.1 Å². The molecule has 1 saturated heterocycles. The number of piperidine rings is 1. The maximum atomic E-state index is 13.9. The van der Waals surface area contributed by atoms with E-state index in [9.17, 15) is 14.0 Å². The minimum atomic E-state index is -0.560. The lowest BCUT2D eigenvalue weighted by molar-refractivity contribution is -0.138. The molecule has 1 unspecified atom stereocenters. The third kappa shape index (κ3) is 4.93. The first-order valence-corrected chi connectivity index (χ1v) is 10.4. The molecule has 1 N–H and O–H groups in total. The first-order chi connectivity index (χ1) is 15.5. The first-order valence-electron chi connectivity index (χ1n) is 10.4. The second kappa shape index (κ2) is 9.59. The van der Waals surface area contributed by atoms with Gasteiger partial charge in [-0.2, -0.15) is 4.98 Å². The number of hydrogen-bond acceptors (Lipinski definition) is 6. The molecule has 1 aliphatic heterocycles. The van der Waals surface area contributed by atoms with Crippen LogP contribution < -0.4 is 10.1 Å². The topological polar surface area (TPSA) is 97.6 Å². The summed E-state index contributed by atoms with van der Waals surface area (Å²) in [7, 11) is 0. The molecule has 0 radical (unpaired) electrons. The molecule has 1 aliphatic rings. The number of carbonyl (C=O) groups is 2. The molecule has 1 fully saturated rings. The average molecular weight is 438 g/mol. The van der Waals surface area contributed by atoms with E-state index in [0.717, 1.165) is 12.8 Å². The number of benzene rings is 2. The molecule has 8 nitrogen and oxygen atoms in total. The van der Waals surface area contributed by atoms with Crippen LogP contribution in [-0.2, 0) is 9.59 Å². The average Bonchev–Trinajstić information content (AvgIpc) is 3.29. The normalized spacial score (nSPS) is 15.9. The molecule has 0 aliphatic carbocycles. The minimum absolute atomic E-state index is 0.0360. The molecule has 9 heteroatoms. The Morgan fingerprint density at radius 3 is 2.81 bits per heavy atom. The summed E-state index contributed by atoms with van der Waals surface area (Å²) in [4.78, 5) is 30.3. The number of carbonyl (C=O) groups excluding carboxylic acids is 2. The number of nitrogens with one attached hydrogen (secondary N) is 1. The summed E-state index contributed by atoms with van der Waals surface area (Å²) in [6.45, 7) is 1.79. The Bertz CT molecular complexity index is 1100. The van der Waals surface area contributed by atoms with Crippen LogP contribution >= 0.6 is 0 Å². The first kappa shape index (κ1) is 21.5. The summed E-state index contributed by atoms with van der Waals surface area (Å²) in [6, 6.07) is 13.0. The zero-order chi connectivity index (χ0) is 22.5. The highest BCUT2D eigenvalue weighted by atomic mass is 19.1. The highest BCUT2D eigenvalue weighted by Gasteiger charge is 2.32. The van der Waals surface area contributed by atoms with Gasteiger partial charge in [0.25, 0.3) is 5.91 Å². The number of halogens is 1. The standard InChI is InChI=1S/C23H23FN4O4/c1-15(29)25-19-13-16(10-11-18(19)24)22-26-23(32-27-22)20-9-5-6-12-28(20)21(30)14-31-17-7-3-2-4-8-17/h2-4,7-8,10-11,13,20H,5-6,9,12,14H2,1H3,(H,25,29). The summed E-state index contributed by atoms with van der Waals surface area (Å²) < 4.78 is 25.0. The molecule has 0 spiro atoms. The molecule has 3 aromatic rings. The van der Waals surface area contributed by atoms with E-state index in [1.807, 2.05) is 18.2 Å². The SMILES string of the molecule is CC(=O)Nc1cc(-c2noc(C3CCCCN3C(=O)COc3ccccc3)n2)ccc1F. The van der Waals surface area contributed by atoms with Crippen LogP contribution in [-0.4, -0.2) is 40.0 Å². The van der Waals surface area contributed by atoms with E-state index in [-0.39, 0.29) is 36.0 Å². The van der Waals surface area contributed by atoms with Crippen LogP contribution in [0.25, 0.3) is 11.4 Å². The van der Waals surface area contributed by atoms with Crippen LogP contribution in [0.15, 0.2) is 53.1 Å². The van der Waals surface area contributed by atoms with Gasteiger partial charge in [-0.25, -0.2) is 4.39 Å². The number of amides is 2. The number of nitrogens with zero attached hydrogens (tertiary/aromatic N) is 3. The molecule has 1 atom stereocenters. The Hall–Kier alpha value is -3.75. The number of hydrogen-bond donors (Lipinski definition) is 1. The van der Waals surface area contributed by atoms with E-state index in [0.29, 0.717) is 30.2 Å². The summed E-state index contributed by atoms with van der Waals surface area (Å²) >= 11 is 0. The molecule has 4 rings (SSSR count). The molecule has 2 aromatic carbocycles. The van der Waals surface area contributed by atoms with E-state index < -0.39 is 5.82 Å². The molecule has 1 aromatic heterocycles. The van der Waals surface area contributed by atoms with Crippen molar-refractivity contribution in [1.82, 2.24) is 15.0 Å². The van der Waals surface area contributed by atoms with Crippen molar-refractivity contribution >= 4 is 17.5 Å².